The third kappa shape index (κ3) is 3.61. The summed E-state index contributed by atoms with van der Waals surface area (Å²) in [5, 5.41) is 2.64. The third-order valence-corrected chi connectivity index (χ3v) is 6.41. The molecule has 0 aromatic carbocycles. The zero-order valence-electron chi connectivity index (χ0n) is 17.6. The summed E-state index contributed by atoms with van der Waals surface area (Å²) in [4.78, 5) is 56.9. The van der Waals surface area contributed by atoms with Crippen molar-refractivity contribution in [1.82, 2.24) is 24.7 Å². The molecule has 2 saturated heterocycles. The highest BCUT2D eigenvalue weighted by molar-refractivity contribution is 6.05. The largest absolute Gasteiger partial charge is 0.342 e. The predicted molar refractivity (Wildman–Crippen MR) is 109 cm³/mol. The number of aromatic nitrogens is 2. The number of carbonyl (C=O) groups excluding carboxylic acids is 3. The van der Waals surface area contributed by atoms with E-state index in [4.69, 9.17) is 0 Å². The topological polar surface area (TPSA) is 105 Å². The Morgan fingerprint density at radius 2 is 2.00 bits per heavy atom. The number of urea groups is 1. The van der Waals surface area contributed by atoms with Crippen molar-refractivity contribution in [2.75, 3.05) is 19.6 Å². The summed E-state index contributed by atoms with van der Waals surface area (Å²) in [6.45, 7) is 6.10. The average molecular weight is 415 g/mol. The van der Waals surface area contributed by atoms with E-state index in [1.807, 2.05) is 13.8 Å². The Kier molecular flexibility index (Phi) is 5.62. The molecule has 4 rings (SSSR count). The fraction of sp³-hybridized carbons (Fsp3) is 0.667. The molecular formula is C21H29N5O4. The van der Waals surface area contributed by atoms with Crippen LogP contribution >= 0.6 is 0 Å². The lowest BCUT2D eigenvalue weighted by molar-refractivity contribution is -0.136. The highest BCUT2D eigenvalue weighted by Crippen LogP contribution is 2.31. The zero-order valence-corrected chi connectivity index (χ0v) is 17.6. The van der Waals surface area contributed by atoms with E-state index in [1.165, 1.54) is 4.90 Å². The molecule has 0 saturated carbocycles. The minimum absolute atomic E-state index is 0.0229. The summed E-state index contributed by atoms with van der Waals surface area (Å²) in [7, 11) is 0. The minimum atomic E-state index is -0.786. The molecule has 0 radical (unpaired) electrons. The molecule has 3 aliphatic rings. The lowest BCUT2D eigenvalue weighted by Crippen LogP contribution is -2.44. The summed E-state index contributed by atoms with van der Waals surface area (Å²) >= 11 is 0. The van der Waals surface area contributed by atoms with Gasteiger partial charge in [-0.1, -0.05) is 6.92 Å². The van der Waals surface area contributed by atoms with Crippen LogP contribution in [0.3, 0.4) is 0 Å². The van der Waals surface area contributed by atoms with Crippen LogP contribution in [0.5, 0.6) is 0 Å². The van der Waals surface area contributed by atoms with Crippen LogP contribution in [0, 0.1) is 6.92 Å². The molecule has 1 aromatic rings. The smallest absolute Gasteiger partial charge is 0.324 e. The van der Waals surface area contributed by atoms with Gasteiger partial charge in [0.2, 0.25) is 5.91 Å². The van der Waals surface area contributed by atoms with Gasteiger partial charge in [-0.2, -0.15) is 4.98 Å². The summed E-state index contributed by atoms with van der Waals surface area (Å²) < 4.78 is 2.17. The summed E-state index contributed by atoms with van der Waals surface area (Å²) in [6, 6.07) is -1.20. The van der Waals surface area contributed by atoms with E-state index < -0.39 is 12.1 Å². The van der Waals surface area contributed by atoms with E-state index in [9.17, 15) is 19.2 Å². The fourth-order valence-corrected chi connectivity index (χ4v) is 4.96. The van der Waals surface area contributed by atoms with Crippen LogP contribution in [0.15, 0.2) is 4.79 Å². The molecule has 2 atom stereocenters. The second kappa shape index (κ2) is 8.20. The van der Waals surface area contributed by atoms with Gasteiger partial charge in [-0.05, 0) is 32.6 Å². The monoisotopic (exact) mass is 415 g/mol. The standard InChI is InChI=1S/C21H29N5O4/c1-3-8-26-20(29)15(22-21(26)30)11-17(27)24-9-4-6-14(12-24)18-13(2)19(28)23-16-7-5-10-25(16)18/h14-15H,3-12H2,1-2H3,(H,22,30). The first-order valence-corrected chi connectivity index (χ1v) is 10.9. The van der Waals surface area contributed by atoms with Crippen molar-refractivity contribution < 1.29 is 14.4 Å². The number of nitrogens with zero attached hydrogens (tertiary/aromatic N) is 4. The second-order valence-electron chi connectivity index (χ2n) is 8.47. The summed E-state index contributed by atoms with van der Waals surface area (Å²) in [6.07, 6.45) is 4.21. The van der Waals surface area contributed by atoms with Crippen LogP contribution < -0.4 is 10.9 Å². The molecule has 1 aromatic heterocycles. The normalized spacial score (nSPS) is 23.7. The number of amides is 4. The van der Waals surface area contributed by atoms with Crippen molar-refractivity contribution in [2.45, 2.75) is 70.9 Å². The average Bonchev–Trinajstić information content (AvgIpc) is 3.28. The van der Waals surface area contributed by atoms with Gasteiger partial charge in [0, 0.05) is 49.8 Å². The Balaban J connectivity index is 1.48. The number of likely N-dealkylation sites (tertiary alicyclic amines) is 1. The molecular weight excluding hydrogens is 386 g/mol. The molecule has 3 aliphatic heterocycles. The SMILES string of the molecule is CCCN1C(=O)NC(CC(=O)N2CCCC(c3c(C)c(=O)nc4n3CCC4)C2)C1=O. The van der Waals surface area contributed by atoms with Gasteiger partial charge in [-0.15, -0.1) is 0 Å². The van der Waals surface area contributed by atoms with Crippen molar-refractivity contribution in [3.63, 3.8) is 0 Å². The summed E-state index contributed by atoms with van der Waals surface area (Å²) in [5.41, 5.74) is 1.52. The number of fused-ring (bicyclic) bond motifs is 1. The molecule has 0 aliphatic carbocycles. The molecule has 4 heterocycles. The van der Waals surface area contributed by atoms with Gasteiger partial charge in [0.05, 0.1) is 6.42 Å². The Morgan fingerprint density at radius 3 is 2.77 bits per heavy atom. The van der Waals surface area contributed by atoms with Gasteiger partial charge < -0.3 is 14.8 Å². The fourth-order valence-electron chi connectivity index (χ4n) is 4.96. The van der Waals surface area contributed by atoms with Gasteiger partial charge in [-0.25, -0.2) is 4.79 Å². The minimum Gasteiger partial charge on any atom is -0.342 e. The van der Waals surface area contributed by atoms with Crippen molar-refractivity contribution in [2.24, 2.45) is 0 Å². The first-order valence-electron chi connectivity index (χ1n) is 10.9. The summed E-state index contributed by atoms with van der Waals surface area (Å²) in [5.74, 6) is 0.477. The highest BCUT2D eigenvalue weighted by Gasteiger charge is 2.40. The van der Waals surface area contributed by atoms with Crippen LogP contribution in [-0.4, -0.2) is 62.9 Å². The zero-order chi connectivity index (χ0) is 21.4. The van der Waals surface area contributed by atoms with E-state index in [2.05, 4.69) is 14.9 Å². The molecule has 9 nitrogen and oxygen atoms in total. The van der Waals surface area contributed by atoms with E-state index in [0.717, 1.165) is 43.7 Å². The number of aryl methyl sites for hydroxylation is 1. The first kappa shape index (κ1) is 20.6. The first-order chi connectivity index (χ1) is 14.4. The van der Waals surface area contributed by atoms with Crippen LogP contribution in [0.1, 0.15) is 62.0 Å². The second-order valence-corrected chi connectivity index (χ2v) is 8.47. The van der Waals surface area contributed by atoms with Crippen LogP contribution in [0.2, 0.25) is 0 Å². The maximum atomic E-state index is 13.0. The third-order valence-electron chi connectivity index (χ3n) is 6.41. The van der Waals surface area contributed by atoms with Gasteiger partial charge in [-0.3, -0.25) is 19.3 Å². The number of nitrogens with one attached hydrogen (secondary N) is 1. The van der Waals surface area contributed by atoms with E-state index in [0.29, 0.717) is 31.6 Å². The van der Waals surface area contributed by atoms with Gasteiger partial charge in [0.1, 0.15) is 11.9 Å². The van der Waals surface area contributed by atoms with Crippen molar-refractivity contribution in [3.8, 4) is 0 Å². The quantitative estimate of drug-likeness (QED) is 0.720. The van der Waals surface area contributed by atoms with Crippen molar-refractivity contribution in [1.29, 1.82) is 0 Å². The Labute approximate surface area is 175 Å². The number of hydrogen-bond acceptors (Lipinski definition) is 5. The molecule has 0 spiro atoms. The molecule has 0 bridgehead atoms. The maximum Gasteiger partial charge on any atom is 0.324 e. The molecule has 30 heavy (non-hydrogen) atoms. The van der Waals surface area contributed by atoms with Crippen LogP contribution in [-0.2, 0) is 22.6 Å². The lowest BCUT2D eigenvalue weighted by atomic mass is 9.91. The molecule has 162 valence electrons. The Bertz CT molecular complexity index is 940. The molecule has 2 fully saturated rings. The maximum absolute atomic E-state index is 13.0. The Morgan fingerprint density at radius 1 is 1.20 bits per heavy atom. The molecule has 2 unspecified atom stereocenters. The lowest BCUT2D eigenvalue weighted by Gasteiger charge is -2.35. The number of rotatable bonds is 5. The number of carbonyl (C=O) groups is 3. The number of hydrogen-bond donors (Lipinski definition) is 1. The van der Waals surface area contributed by atoms with E-state index in [1.54, 1.807) is 4.90 Å². The van der Waals surface area contributed by atoms with Crippen molar-refractivity contribution >= 4 is 17.8 Å². The van der Waals surface area contributed by atoms with Gasteiger partial charge in [0.15, 0.2) is 0 Å². The van der Waals surface area contributed by atoms with Crippen LogP contribution in [0.25, 0.3) is 0 Å². The Hall–Kier alpha value is -2.71. The van der Waals surface area contributed by atoms with Crippen LogP contribution in [0.4, 0.5) is 4.79 Å². The highest BCUT2D eigenvalue weighted by atomic mass is 16.2. The predicted octanol–water partition coefficient (Wildman–Crippen LogP) is 0.924. The van der Waals surface area contributed by atoms with Gasteiger partial charge in [0.25, 0.3) is 11.5 Å². The molecule has 4 amide bonds. The number of piperidine rings is 1. The van der Waals surface area contributed by atoms with E-state index >= 15 is 0 Å². The van der Waals surface area contributed by atoms with Crippen molar-refractivity contribution in [3.05, 3.63) is 27.4 Å². The van der Waals surface area contributed by atoms with E-state index in [-0.39, 0.29) is 29.7 Å². The molecule has 1 N–H and O–H groups in total. The molecule has 9 heteroatoms. The number of imide groups is 1. The van der Waals surface area contributed by atoms with Gasteiger partial charge >= 0.3 is 6.03 Å².